The molecule has 0 spiro atoms. The molecule has 2 aliphatic heterocycles. The van der Waals surface area contributed by atoms with Crippen molar-refractivity contribution in [2.75, 3.05) is 19.6 Å². The SMILES string of the molecule is CC.CC.Cc1ncsc1-c1ccc(CNC(=O)C2CC(O)CN2C(=O)C(C)C(C)C)c(C2CCNCC2)c1. The Morgan fingerprint density at radius 3 is 2.41 bits per heavy atom. The number of aryl methyl sites for hydroxylation is 1. The van der Waals surface area contributed by atoms with Crippen molar-refractivity contribution < 1.29 is 14.7 Å². The molecule has 2 saturated heterocycles. The van der Waals surface area contributed by atoms with Crippen LogP contribution in [0, 0.1) is 18.8 Å². The lowest BCUT2D eigenvalue weighted by Crippen LogP contribution is -2.48. The Morgan fingerprint density at radius 1 is 1.15 bits per heavy atom. The number of benzene rings is 1. The number of aliphatic hydroxyl groups excluding tert-OH is 1. The zero-order valence-corrected chi connectivity index (χ0v) is 26.0. The van der Waals surface area contributed by atoms with Crippen LogP contribution in [-0.2, 0) is 16.1 Å². The summed E-state index contributed by atoms with van der Waals surface area (Å²) in [6, 6.07) is 5.89. The van der Waals surface area contributed by atoms with Crippen LogP contribution < -0.4 is 10.6 Å². The maximum absolute atomic E-state index is 13.2. The van der Waals surface area contributed by atoms with Gasteiger partial charge in [0.2, 0.25) is 11.8 Å². The molecule has 39 heavy (non-hydrogen) atoms. The van der Waals surface area contributed by atoms with Crippen molar-refractivity contribution in [3.05, 3.63) is 40.5 Å². The number of hydrogen-bond donors (Lipinski definition) is 3. The van der Waals surface area contributed by atoms with E-state index in [4.69, 9.17) is 0 Å². The summed E-state index contributed by atoms with van der Waals surface area (Å²) >= 11 is 1.65. The van der Waals surface area contributed by atoms with Crippen molar-refractivity contribution in [1.82, 2.24) is 20.5 Å². The monoisotopic (exact) mass is 558 g/mol. The summed E-state index contributed by atoms with van der Waals surface area (Å²) in [7, 11) is 0. The number of aliphatic hydroxyl groups is 1. The van der Waals surface area contributed by atoms with Crippen LogP contribution in [0.25, 0.3) is 10.4 Å². The van der Waals surface area contributed by atoms with Gasteiger partial charge in [-0.05, 0) is 67.4 Å². The van der Waals surface area contributed by atoms with E-state index in [1.54, 1.807) is 16.2 Å². The highest BCUT2D eigenvalue weighted by molar-refractivity contribution is 7.13. The van der Waals surface area contributed by atoms with E-state index in [0.717, 1.165) is 37.2 Å². The fourth-order valence-corrected chi connectivity index (χ4v) is 5.94. The Balaban J connectivity index is 0.00000127. The Kier molecular flexibility index (Phi) is 13.6. The third-order valence-corrected chi connectivity index (χ3v) is 8.62. The topological polar surface area (TPSA) is 94.6 Å². The van der Waals surface area contributed by atoms with E-state index in [-0.39, 0.29) is 36.6 Å². The van der Waals surface area contributed by atoms with Gasteiger partial charge in [0.1, 0.15) is 6.04 Å². The van der Waals surface area contributed by atoms with Gasteiger partial charge in [0.25, 0.3) is 0 Å². The van der Waals surface area contributed by atoms with Gasteiger partial charge in [-0.25, -0.2) is 4.98 Å². The minimum atomic E-state index is -0.665. The van der Waals surface area contributed by atoms with Gasteiger partial charge in [-0.3, -0.25) is 9.59 Å². The number of aromatic nitrogens is 1. The minimum absolute atomic E-state index is 0.0589. The molecule has 0 bridgehead atoms. The third kappa shape index (κ3) is 8.35. The first-order valence-electron chi connectivity index (χ1n) is 14.8. The van der Waals surface area contributed by atoms with Crippen molar-refractivity contribution in [2.24, 2.45) is 11.8 Å². The summed E-state index contributed by atoms with van der Waals surface area (Å²) in [6.07, 6.45) is 1.75. The maximum atomic E-state index is 13.2. The molecule has 3 N–H and O–H groups in total. The normalized spacial score (nSPS) is 20.0. The fourth-order valence-electron chi connectivity index (χ4n) is 5.14. The zero-order valence-electron chi connectivity index (χ0n) is 25.2. The number of likely N-dealkylation sites (tertiary alicyclic amines) is 1. The molecule has 4 rings (SSSR count). The van der Waals surface area contributed by atoms with Crippen molar-refractivity contribution in [2.45, 2.75) is 99.3 Å². The van der Waals surface area contributed by atoms with Crippen molar-refractivity contribution in [1.29, 1.82) is 0 Å². The standard InChI is InChI=1S/C27H38N4O3S.2C2H6/c1-16(2)17(3)27(34)31-14-22(32)12-24(31)26(33)29-13-21-6-5-20(25-18(4)30-15-35-25)11-23(21)19-7-9-28-10-8-19;2*1-2/h5-6,11,15-17,19,22,24,28,32H,7-10,12-14H2,1-4H3,(H,29,33);2*1-2H3. The molecule has 2 amide bonds. The molecule has 3 atom stereocenters. The van der Waals surface area contributed by atoms with E-state index in [9.17, 15) is 14.7 Å². The molecule has 3 heterocycles. The van der Waals surface area contributed by atoms with Crippen LogP contribution in [0.1, 0.15) is 90.5 Å². The molecule has 2 fully saturated rings. The molecule has 3 unspecified atom stereocenters. The second-order valence-electron chi connectivity index (χ2n) is 10.4. The Morgan fingerprint density at radius 2 is 1.82 bits per heavy atom. The van der Waals surface area contributed by atoms with Gasteiger partial charge >= 0.3 is 0 Å². The molecule has 8 heteroatoms. The first kappa shape index (κ1) is 32.9. The average molecular weight is 559 g/mol. The maximum Gasteiger partial charge on any atom is 0.243 e. The smallest absolute Gasteiger partial charge is 0.243 e. The number of amides is 2. The predicted molar refractivity (Wildman–Crippen MR) is 162 cm³/mol. The number of thiazole rings is 1. The summed E-state index contributed by atoms with van der Waals surface area (Å²) in [5.74, 6) is 0.178. The number of hydrogen-bond acceptors (Lipinski definition) is 6. The highest BCUT2D eigenvalue weighted by atomic mass is 32.1. The van der Waals surface area contributed by atoms with Crippen LogP contribution in [-0.4, -0.2) is 58.6 Å². The largest absolute Gasteiger partial charge is 0.391 e. The number of nitrogens with one attached hydrogen (secondary N) is 2. The van der Waals surface area contributed by atoms with Crippen LogP contribution >= 0.6 is 11.3 Å². The van der Waals surface area contributed by atoms with Gasteiger partial charge in [0.15, 0.2) is 0 Å². The van der Waals surface area contributed by atoms with E-state index >= 15 is 0 Å². The molecule has 1 aromatic heterocycles. The summed E-state index contributed by atoms with van der Waals surface area (Å²) in [4.78, 5) is 33.4. The quantitative estimate of drug-likeness (QED) is 0.417. The summed E-state index contributed by atoms with van der Waals surface area (Å²) in [5, 5.41) is 16.8. The number of carbonyl (C=O) groups is 2. The molecule has 2 aromatic rings. The molecule has 2 aliphatic rings. The number of nitrogens with zero attached hydrogens (tertiary/aromatic N) is 2. The molecule has 1 aromatic carbocycles. The molecule has 0 saturated carbocycles. The molecular formula is C31H50N4O3S. The number of piperidine rings is 1. The van der Waals surface area contributed by atoms with Crippen molar-refractivity contribution in [3.63, 3.8) is 0 Å². The molecule has 218 valence electrons. The first-order valence-corrected chi connectivity index (χ1v) is 15.6. The van der Waals surface area contributed by atoms with Gasteiger partial charge in [-0.1, -0.05) is 60.6 Å². The second kappa shape index (κ2) is 16.1. The zero-order chi connectivity index (χ0) is 29.1. The molecule has 0 aliphatic carbocycles. The lowest BCUT2D eigenvalue weighted by Gasteiger charge is -2.28. The van der Waals surface area contributed by atoms with Gasteiger partial charge in [-0.2, -0.15) is 0 Å². The van der Waals surface area contributed by atoms with E-state index in [0.29, 0.717) is 12.5 Å². The Labute approximate surface area is 239 Å². The van der Waals surface area contributed by atoms with E-state index in [1.807, 2.05) is 60.9 Å². The highest BCUT2D eigenvalue weighted by Gasteiger charge is 2.40. The molecule has 7 nitrogen and oxygen atoms in total. The second-order valence-corrected chi connectivity index (χ2v) is 11.2. The van der Waals surface area contributed by atoms with E-state index < -0.39 is 12.1 Å². The van der Waals surface area contributed by atoms with Crippen molar-refractivity contribution in [3.8, 4) is 10.4 Å². The lowest BCUT2D eigenvalue weighted by atomic mass is 9.85. The van der Waals surface area contributed by atoms with Gasteiger partial charge in [0.05, 0.1) is 22.2 Å². The highest BCUT2D eigenvalue weighted by Crippen LogP contribution is 2.34. The molecule has 0 radical (unpaired) electrons. The molecular weight excluding hydrogens is 508 g/mol. The first-order chi connectivity index (χ1) is 18.8. The summed E-state index contributed by atoms with van der Waals surface area (Å²) in [6.45, 7) is 18.5. The average Bonchev–Trinajstić information content (AvgIpc) is 3.58. The Hall–Kier alpha value is -2.29. The van der Waals surface area contributed by atoms with E-state index in [2.05, 4.69) is 33.8 Å². The predicted octanol–water partition coefficient (Wildman–Crippen LogP) is 5.51. The number of β-amino-alcohol motifs (C(OH)–C–C–N with tert-alkyl or cyclic N) is 1. The minimum Gasteiger partial charge on any atom is -0.391 e. The van der Waals surface area contributed by atoms with E-state index in [1.165, 1.54) is 16.0 Å². The third-order valence-electron chi connectivity index (χ3n) is 7.64. The fraction of sp³-hybridized carbons (Fsp3) is 0.645. The summed E-state index contributed by atoms with van der Waals surface area (Å²) in [5.41, 5.74) is 6.49. The van der Waals surface area contributed by atoms with Crippen molar-refractivity contribution >= 4 is 23.2 Å². The number of rotatable bonds is 7. The van der Waals surface area contributed by atoms with Crippen LogP contribution in [0.5, 0.6) is 0 Å². The lowest BCUT2D eigenvalue weighted by molar-refractivity contribution is -0.142. The van der Waals surface area contributed by atoms with Gasteiger partial charge < -0.3 is 20.6 Å². The van der Waals surface area contributed by atoms with Crippen LogP contribution in [0.15, 0.2) is 23.7 Å². The Bertz CT molecular complexity index is 1050. The van der Waals surface area contributed by atoms with Gasteiger partial charge in [-0.15, -0.1) is 11.3 Å². The van der Waals surface area contributed by atoms with Crippen LogP contribution in [0.4, 0.5) is 0 Å². The van der Waals surface area contributed by atoms with Crippen LogP contribution in [0.3, 0.4) is 0 Å². The van der Waals surface area contributed by atoms with Crippen LogP contribution in [0.2, 0.25) is 0 Å². The van der Waals surface area contributed by atoms with Gasteiger partial charge in [0, 0.05) is 25.4 Å². The number of carbonyl (C=O) groups excluding carboxylic acids is 2. The summed E-state index contributed by atoms with van der Waals surface area (Å²) < 4.78 is 0.